The van der Waals surface area contributed by atoms with Gasteiger partial charge in [0, 0.05) is 18.8 Å². The number of anilines is 1. The van der Waals surface area contributed by atoms with E-state index in [1.165, 1.54) is 13.2 Å². The number of halogens is 3. The van der Waals surface area contributed by atoms with E-state index < -0.39 is 29.6 Å². The quantitative estimate of drug-likeness (QED) is 0.834. The van der Waals surface area contributed by atoms with Crippen molar-refractivity contribution in [1.29, 1.82) is 0 Å². The fourth-order valence-corrected chi connectivity index (χ4v) is 1.54. The lowest BCUT2D eigenvalue weighted by Crippen LogP contribution is -2.42. The minimum absolute atomic E-state index is 0.107. The third-order valence-corrected chi connectivity index (χ3v) is 2.45. The minimum Gasteiger partial charge on any atom is -0.383 e. The number of hydrogen-bond donors (Lipinski definition) is 2. The number of rotatable bonds is 4. The van der Waals surface area contributed by atoms with Crippen LogP contribution in [0.4, 0.5) is 18.9 Å². The van der Waals surface area contributed by atoms with Crippen LogP contribution in [0.1, 0.15) is 12.5 Å². The molecule has 0 saturated heterocycles. The highest BCUT2D eigenvalue weighted by atomic mass is 19.4. The van der Waals surface area contributed by atoms with Crippen molar-refractivity contribution in [2.24, 2.45) is 0 Å². The van der Waals surface area contributed by atoms with E-state index in [-0.39, 0.29) is 12.3 Å². The van der Waals surface area contributed by atoms with Gasteiger partial charge in [0.25, 0.3) is 0 Å². The lowest BCUT2D eigenvalue weighted by molar-refractivity contribution is -0.137. The number of hydrogen-bond acceptors (Lipinski definition) is 3. The van der Waals surface area contributed by atoms with Crippen LogP contribution in [0.3, 0.4) is 0 Å². The zero-order chi connectivity index (χ0) is 16.0. The molecule has 2 amide bonds. The number of methoxy groups -OCH3 is 1. The third kappa shape index (κ3) is 5.42. The summed E-state index contributed by atoms with van der Waals surface area (Å²) in [6, 6.07) is 3.64. The maximum atomic E-state index is 12.5. The summed E-state index contributed by atoms with van der Waals surface area (Å²) in [6.45, 7) is 1.83. The van der Waals surface area contributed by atoms with Gasteiger partial charge in [0.2, 0.25) is 0 Å². The molecule has 1 aromatic carbocycles. The molecule has 0 aliphatic rings. The highest BCUT2D eigenvalue weighted by Crippen LogP contribution is 2.30. The maximum absolute atomic E-state index is 12.5. The molecule has 0 aromatic heterocycles. The summed E-state index contributed by atoms with van der Waals surface area (Å²) in [6.07, 6.45) is -4.52. The van der Waals surface area contributed by atoms with E-state index in [2.05, 4.69) is 10.6 Å². The Balaban J connectivity index is 2.69. The largest absolute Gasteiger partial charge is 0.416 e. The smallest absolute Gasteiger partial charge is 0.383 e. The van der Waals surface area contributed by atoms with Crippen LogP contribution >= 0.6 is 0 Å². The Labute approximate surface area is 119 Å². The van der Waals surface area contributed by atoms with Crippen LogP contribution in [-0.2, 0) is 20.5 Å². The average Bonchev–Trinajstić information content (AvgIpc) is 2.38. The fraction of sp³-hybridized carbons (Fsp3) is 0.385. The Hall–Kier alpha value is -2.09. The van der Waals surface area contributed by atoms with E-state index >= 15 is 0 Å². The summed E-state index contributed by atoms with van der Waals surface area (Å²) in [5, 5.41) is 4.46. The molecular formula is C13H15F3N2O3. The van der Waals surface area contributed by atoms with Crippen molar-refractivity contribution < 1.29 is 27.5 Å². The van der Waals surface area contributed by atoms with Gasteiger partial charge in [0.1, 0.15) is 0 Å². The molecular weight excluding hydrogens is 289 g/mol. The topological polar surface area (TPSA) is 67.4 Å². The molecule has 1 rings (SSSR count). The molecule has 21 heavy (non-hydrogen) atoms. The van der Waals surface area contributed by atoms with E-state index in [9.17, 15) is 22.8 Å². The van der Waals surface area contributed by atoms with Crippen molar-refractivity contribution in [3.63, 3.8) is 0 Å². The molecule has 2 N–H and O–H groups in total. The highest BCUT2D eigenvalue weighted by molar-refractivity contribution is 6.39. The Morgan fingerprint density at radius 2 is 1.95 bits per heavy atom. The fourth-order valence-electron chi connectivity index (χ4n) is 1.54. The molecule has 116 valence electrons. The molecule has 8 heteroatoms. The van der Waals surface area contributed by atoms with Gasteiger partial charge in [-0.1, -0.05) is 6.07 Å². The average molecular weight is 304 g/mol. The molecule has 0 heterocycles. The van der Waals surface area contributed by atoms with Crippen molar-refractivity contribution >= 4 is 17.5 Å². The van der Waals surface area contributed by atoms with E-state index in [4.69, 9.17) is 4.74 Å². The highest BCUT2D eigenvalue weighted by Gasteiger charge is 2.30. The SMILES string of the molecule is COCC(C)NC(=O)C(=O)Nc1cccc(C(F)(F)F)c1. The number of amides is 2. The summed E-state index contributed by atoms with van der Waals surface area (Å²) >= 11 is 0. The lowest BCUT2D eigenvalue weighted by atomic mass is 10.2. The second kappa shape index (κ2) is 7.07. The molecule has 1 unspecified atom stereocenters. The molecule has 0 bridgehead atoms. The van der Waals surface area contributed by atoms with E-state index in [1.807, 2.05) is 0 Å². The van der Waals surface area contributed by atoms with Gasteiger partial charge >= 0.3 is 18.0 Å². The molecule has 1 aromatic rings. The lowest BCUT2D eigenvalue weighted by Gasteiger charge is -2.13. The predicted octanol–water partition coefficient (Wildman–Crippen LogP) is 1.79. The van der Waals surface area contributed by atoms with Crippen molar-refractivity contribution in [2.45, 2.75) is 19.1 Å². The van der Waals surface area contributed by atoms with Crippen molar-refractivity contribution in [3.8, 4) is 0 Å². The molecule has 5 nitrogen and oxygen atoms in total. The minimum atomic E-state index is -4.52. The van der Waals surface area contributed by atoms with Crippen molar-refractivity contribution in [2.75, 3.05) is 19.0 Å². The van der Waals surface area contributed by atoms with Gasteiger partial charge in [0.05, 0.1) is 12.2 Å². The van der Waals surface area contributed by atoms with Crippen LogP contribution < -0.4 is 10.6 Å². The first-order valence-corrected chi connectivity index (χ1v) is 6.02. The van der Waals surface area contributed by atoms with Crippen LogP contribution in [0.25, 0.3) is 0 Å². The van der Waals surface area contributed by atoms with Crippen LogP contribution in [0.5, 0.6) is 0 Å². The Kier molecular flexibility index (Phi) is 5.71. The standard InChI is InChI=1S/C13H15F3N2O3/c1-8(7-21-2)17-11(19)12(20)18-10-5-3-4-9(6-10)13(14,15)16/h3-6,8H,7H2,1-2H3,(H,17,19)(H,18,20). The van der Waals surface area contributed by atoms with Crippen LogP contribution in [0.2, 0.25) is 0 Å². The Bertz CT molecular complexity index is 518. The Morgan fingerprint density at radius 3 is 2.52 bits per heavy atom. The summed E-state index contributed by atoms with van der Waals surface area (Å²) in [4.78, 5) is 23.1. The zero-order valence-corrected chi connectivity index (χ0v) is 11.5. The summed E-state index contributed by atoms with van der Waals surface area (Å²) in [7, 11) is 1.44. The monoisotopic (exact) mass is 304 g/mol. The van der Waals surface area contributed by atoms with E-state index in [0.29, 0.717) is 0 Å². The molecule has 0 saturated carbocycles. The molecule has 0 radical (unpaired) electrons. The predicted molar refractivity (Wildman–Crippen MR) is 69.6 cm³/mol. The molecule has 1 atom stereocenters. The van der Waals surface area contributed by atoms with Gasteiger partial charge in [0.15, 0.2) is 0 Å². The first-order valence-electron chi connectivity index (χ1n) is 6.02. The second-order valence-electron chi connectivity index (χ2n) is 4.36. The molecule has 0 aliphatic carbocycles. The first kappa shape index (κ1) is 17.0. The van der Waals surface area contributed by atoms with Gasteiger partial charge in [-0.25, -0.2) is 0 Å². The van der Waals surface area contributed by atoms with Gasteiger partial charge in [-0.2, -0.15) is 13.2 Å². The van der Waals surface area contributed by atoms with Gasteiger partial charge in [-0.05, 0) is 25.1 Å². The number of carbonyl (C=O) groups excluding carboxylic acids is 2. The van der Waals surface area contributed by atoms with Gasteiger partial charge in [-0.3, -0.25) is 9.59 Å². The molecule has 0 fully saturated rings. The van der Waals surface area contributed by atoms with Gasteiger partial charge < -0.3 is 15.4 Å². The third-order valence-electron chi connectivity index (χ3n) is 2.45. The number of ether oxygens (including phenoxy) is 1. The summed E-state index contributed by atoms with van der Waals surface area (Å²) in [5.74, 6) is -1.99. The first-order chi connectivity index (χ1) is 9.74. The van der Waals surface area contributed by atoms with Crippen LogP contribution in [-0.4, -0.2) is 31.6 Å². The van der Waals surface area contributed by atoms with E-state index in [0.717, 1.165) is 18.2 Å². The second-order valence-corrected chi connectivity index (χ2v) is 4.36. The van der Waals surface area contributed by atoms with Crippen molar-refractivity contribution in [1.82, 2.24) is 5.32 Å². The summed E-state index contributed by atoms with van der Waals surface area (Å²) in [5.41, 5.74) is -1.02. The van der Waals surface area contributed by atoms with Crippen molar-refractivity contribution in [3.05, 3.63) is 29.8 Å². The number of nitrogens with one attached hydrogen (secondary N) is 2. The number of alkyl halides is 3. The normalized spacial score (nSPS) is 12.6. The number of carbonyl (C=O) groups is 2. The van der Waals surface area contributed by atoms with E-state index in [1.54, 1.807) is 6.92 Å². The molecule has 0 spiro atoms. The molecule has 0 aliphatic heterocycles. The maximum Gasteiger partial charge on any atom is 0.416 e. The number of benzene rings is 1. The van der Waals surface area contributed by atoms with Crippen LogP contribution in [0.15, 0.2) is 24.3 Å². The van der Waals surface area contributed by atoms with Crippen LogP contribution in [0, 0.1) is 0 Å². The Morgan fingerprint density at radius 1 is 1.29 bits per heavy atom. The summed E-state index contributed by atoms with van der Waals surface area (Å²) < 4.78 is 42.3. The van der Waals surface area contributed by atoms with Gasteiger partial charge in [-0.15, -0.1) is 0 Å². The zero-order valence-electron chi connectivity index (χ0n) is 11.5.